The number of aromatic nitrogens is 1. The third-order valence-corrected chi connectivity index (χ3v) is 6.83. The van der Waals surface area contributed by atoms with E-state index in [2.05, 4.69) is 4.99 Å². The minimum atomic E-state index is -0.707. The highest BCUT2D eigenvalue weighted by Crippen LogP contribution is 2.38. The summed E-state index contributed by atoms with van der Waals surface area (Å²) in [5.41, 5.74) is 1.91. The first-order valence-electron chi connectivity index (χ1n) is 10.9. The Balaban J connectivity index is 1.94. The highest BCUT2D eigenvalue weighted by molar-refractivity contribution is 7.07. The third-order valence-electron chi connectivity index (χ3n) is 5.84. The number of esters is 1. The first-order valence-corrected chi connectivity index (χ1v) is 11.7. The van der Waals surface area contributed by atoms with Gasteiger partial charge in [0.05, 0.1) is 57.4 Å². The number of hydrogen-bond donors (Lipinski definition) is 0. The van der Waals surface area contributed by atoms with Gasteiger partial charge < -0.3 is 23.7 Å². The normalized spacial score (nSPS) is 15.2. The van der Waals surface area contributed by atoms with Crippen LogP contribution in [0.4, 0.5) is 0 Å². The molecule has 36 heavy (non-hydrogen) atoms. The van der Waals surface area contributed by atoms with Crippen molar-refractivity contribution in [2.75, 3.05) is 35.5 Å². The second-order valence-electron chi connectivity index (χ2n) is 7.81. The molecular weight excluding hydrogens is 484 g/mol. The maximum atomic E-state index is 13.7. The number of benzene rings is 2. The monoisotopic (exact) mass is 510 g/mol. The number of ether oxygens (including phenoxy) is 5. The van der Waals surface area contributed by atoms with Gasteiger partial charge in [0.25, 0.3) is 5.56 Å². The Morgan fingerprint density at radius 3 is 2.14 bits per heavy atom. The number of nitrogens with zero attached hydrogens (tertiary/aromatic N) is 2. The highest BCUT2D eigenvalue weighted by Gasteiger charge is 2.33. The van der Waals surface area contributed by atoms with Crippen molar-refractivity contribution in [2.45, 2.75) is 13.0 Å². The minimum Gasteiger partial charge on any atom is -0.497 e. The molecule has 0 bridgehead atoms. The smallest absolute Gasteiger partial charge is 0.338 e. The largest absolute Gasteiger partial charge is 0.497 e. The van der Waals surface area contributed by atoms with Crippen LogP contribution in [0.1, 0.15) is 24.1 Å². The van der Waals surface area contributed by atoms with Gasteiger partial charge in [-0.1, -0.05) is 23.5 Å². The zero-order valence-corrected chi connectivity index (χ0v) is 21.6. The van der Waals surface area contributed by atoms with E-state index in [9.17, 15) is 9.59 Å². The maximum absolute atomic E-state index is 13.7. The van der Waals surface area contributed by atoms with Gasteiger partial charge in [0.1, 0.15) is 5.75 Å². The molecule has 1 aliphatic rings. The Bertz CT molecular complexity index is 1490. The van der Waals surface area contributed by atoms with Gasteiger partial charge in [0, 0.05) is 0 Å². The molecule has 0 saturated heterocycles. The van der Waals surface area contributed by atoms with E-state index < -0.39 is 12.0 Å². The fraction of sp³-hybridized carbons (Fsp3) is 0.269. The molecule has 0 saturated carbocycles. The summed E-state index contributed by atoms with van der Waals surface area (Å²) >= 11 is 1.23. The highest BCUT2D eigenvalue weighted by atomic mass is 32.1. The second kappa shape index (κ2) is 10.3. The Morgan fingerprint density at radius 2 is 1.61 bits per heavy atom. The molecule has 0 spiro atoms. The van der Waals surface area contributed by atoms with E-state index in [4.69, 9.17) is 23.7 Å². The number of carbonyl (C=O) groups is 1. The van der Waals surface area contributed by atoms with Crippen LogP contribution >= 0.6 is 11.3 Å². The summed E-state index contributed by atoms with van der Waals surface area (Å²) in [6.07, 6.45) is 1.73. The lowest BCUT2D eigenvalue weighted by Crippen LogP contribution is -2.39. The van der Waals surface area contributed by atoms with Crippen molar-refractivity contribution in [2.24, 2.45) is 4.99 Å². The number of fused-ring (bicyclic) bond motifs is 1. The maximum Gasteiger partial charge on any atom is 0.338 e. The van der Waals surface area contributed by atoms with Crippen LogP contribution in [0, 0.1) is 0 Å². The second-order valence-corrected chi connectivity index (χ2v) is 8.81. The summed E-state index contributed by atoms with van der Waals surface area (Å²) in [6, 6.07) is 10.0. The summed E-state index contributed by atoms with van der Waals surface area (Å²) in [5.74, 6) is 1.51. The summed E-state index contributed by atoms with van der Waals surface area (Å²) in [7, 11) is 7.47. The molecule has 1 aliphatic heterocycles. The van der Waals surface area contributed by atoms with E-state index >= 15 is 0 Å². The quantitative estimate of drug-likeness (QED) is 0.451. The lowest BCUT2D eigenvalue weighted by atomic mass is 9.96. The van der Waals surface area contributed by atoms with Gasteiger partial charge in [-0.15, -0.1) is 0 Å². The van der Waals surface area contributed by atoms with Gasteiger partial charge in [-0.2, -0.15) is 0 Å². The van der Waals surface area contributed by atoms with Gasteiger partial charge in [-0.3, -0.25) is 9.36 Å². The number of hydrogen-bond acceptors (Lipinski definition) is 9. The lowest BCUT2D eigenvalue weighted by molar-refractivity contribution is -0.136. The molecule has 0 amide bonds. The third kappa shape index (κ3) is 4.35. The van der Waals surface area contributed by atoms with Crippen LogP contribution in [0.15, 0.2) is 57.5 Å². The van der Waals surface area contributed by atoms with Gasteiger partial charge in [0.2, 0.25) is 5.75 Å². The average Bonchev–Trinajstić information content (AvgIpc) is 3.20. The van der Waals surface area contributed by atoms with E-state index in [1.165, 1.54) is 44.3 Å². The molecule has 0 N–H and O–H groups in total. The van der Waals surface area contributed by atoms with E-state index in [-0.39, 0.29) is 5.56 Å². The number of carbonyl (C=O) groups excluding carboxylic acids is 1. The van der Waals surface area contributed by atoms with Crippen LogP contribution in [0.25, 0.3) is 6.08 Å². The minimum absolute atomic E-state index is 0.290. The zero-order chi connectivity index (χ0) is 26.0. The van der Waals surface area contributed by atoms with E-state index in [0.717, 1.165) is 5.56 Å². The van der Waals surface area contributed by atoms with Crippen molar-refractivity contribution in [3.63, 3.8) is 0 Å². The molecule has 0 fully saturated rings. The Labute approximate surface area is 211 Å². The zero-order valence-electron chi connectivity index (χ0n) is 20.8. The van der Waals surface area contributed by atoms with Gasteiger partial charge in [-0.25, -0.2) is 9.79 Å². The molecule has 1 unspecified atom stereocenters. The predicted molar refractivity (Wildman–Crippen MR) is 135 cm³/mol. The van der Waals surface area contributed by atoms with Crippen LogP contribution in [-0.4, -0.2) is 46.1 Å². The molecular formula is C26H26N2O7S. The van der Waals surface area contributed by atoms with Crippen molar-refractivity contribution >= 4 is 23.4 Å². The summed E-state index contributed by atoms with van der Waals surface area (Å²) in [5, 5.41) is 0. The van der Waals surface area contributed by atoms with Crippen molar-refractivity contribution < 1.29 is 28.5 Å². The van der Waals surface area contributed by atoms with Crippen LogP contribution < -0.4 is 33.8 Å². The van der Waals surface area contributed by atoms with Gasteiger partial charge >= 0.3 is 5.97 Å². The van der Waals surface area contributed by atoms with E-state index in [1.54, 1.807) is 44.4 Å². The number of thiazole rings is 1. The first kappa shape index (κ1) is 25.1. The molecule has 188 valence electrons. The fourth-order valence-electron chi connectivity index (χ4n) is 4.13. The average molecular weight is 511 g/mol. The summed E-state index contributed by atoms with van der Waals surface area (Å²) < 4.78 is 28.5. The molecule has 9 nitrogen and oxygen atoms in total. The Hall–Kier alpha value is -4.05. The standard InChI is InChI=1S/C26H26N2O7S/c1-14-21(25(30)35-6)22(16-7-9-17(31-2)10-8-16)28-24(29)20(36-26(28)27-14)13-15-11-18(32-3)23(34-5)19(12-15)33-4/h7-13,22H,1-6H3. The molecule has 0 aliphatic carbocycles. The predicted octanol–water partition coefficient (Wildman–Crippen LogP) is 2.44. The molecule has 0 radical (unpaired) electrons. The van der Waals surface area contributed by atoms with Crippen molar-refractivity contribution in [1.82, 2.24) is 4.57 Å². The summed E-state index contributed by atoms with van der Waals surface area (Å²) in [6.45, 7) is 1.74. The topological polar surface area (TPSA) is 97.6 Å². The first-order chi connectivity index (χ1) is 17.4. The SMILES string of the molecule is COC(=O)C1=C(C)N=c2sc(=Cc3cc(OC)c(OC)c(OC)c3)c(=O)n2C1c1ccc(OC)cc1. The van der Waals surface area contributed by atoms with Crippen molar-refractivity contribution in [3.8, 4) is 23.0 Å². The van der Waals surface area contributed by atoms with Crippen LogP contribution in [0.3, 0.4) is 0 Å². The van der Waals surface area contributed by atoms with Gasteiger partial charge in [-0.05, 0) is 48.4 Å². The molecule has 2 aromatic carbocycles. The van der Waals surface area contributed by atoms with Crippen molar-refractivity contribution in [1.29, 1.82) is 0 Å². The molecule has 1 aromatic heterocycles. The van der Waals surface area contributed by atoms with Crippen molar-refractivity contribution in [3.05, 3.63) is 78.5 Å². The molecule has 10 heteroatoms. The fourth-order valence-corrected chi connectivity index (χ4v) is 5.18. The molecule has 2 heterocycles. The number of rotatable bonds is 7. The van der Waals surface area contributed by atoms with Gasteiger partial charge in [0.15, 0.2) is 16.3 Å². The Kier molecular flexibility index (Phi) is 7.16. The van der Waals surface area contributed by atoms with E-state index in [1.807, 2.05) is 12.1 Å². The summed E-state index contributed by atoms with van der Waals surface area (Å²) in [4.78, 5) is 31.5. The molecule has 3 aromatic rings. The van der Waals surface area contributed by atoms with E-state index in [0.29, 0.717) is 49.2 Å². The Morgan fingerprint density at radius 1 is 0.972 bits per heavy atom. The lowest BCUT2D eigenvalue weighted by Gasteiger charge is -2.24. The number of allylic oxidation sites excluding steroid dienone is 1. The van der Waals surface area contributed by atoms with Crippen LogP contribution in [0.2, 0.25) is 0 Å². The van der Waals surface area contributed by atoms with Crippen LogP contribution in [0.5, 0.6) is 23.0 Å². The number of methoxy groups -OCH3 is 5. The van der Waals surface area contributed by atoms with Crippen LogP contribution in [-0.2, 0) is 9.53 Å². The molecule has 4 rings (SSSR count). The molecule has 1 atom stereocenters.